The first kappa shape index (κ1) is 12.8. The summed E-state index contributed by atoms with van der Waals surface area (Å²) < 4.78 is 11.8. The van der Waals surface area contributed by atoms with Crippen LogP contribution in [0, 0.1) is 0 Å². The number of ether oxygens (including phenoxy) is 1. The van der Waals surface area contributed by atoms with Crippen LogP contribution in [0.25, 0.3) is 11.2 Å². The van der Waals surface area contributed by atoms with Crippen LogP contribution in [0.2, 0.25) is 0 Å². The number of oxazole rings is 1. The molecule has 0 spiro atoms. The number of nitrogens with one attached hydrogen (secondary N) is 1. The number of methoxy groups -OCH3 is 1. The van der Waals surface area contributed by atoms with Gasteiger partial charge in [-0.2, -0.15) is 0 Å². The second-order valence-corrected chi connectivity index (χ2v) is 4.01. The van der Waals surface area contributed by atoms with E-state index in [1.165, 1.54) is 4.57 Å². The van der Waals surface area contributed by atoms with Gasteiger partial charge in [-0.1, -0.05) is 6.92 Å². The number of fused-ring (bicyclic) bond motifs is 1. The van der Waals surface area contributed by atoms with E-state index in [1.54, 1.807) is 25.4 Å². The average Bonchev–Trinajstić information content (AvgIpc) is 2.67. The topological polar surface area (TPSA) is 69.3 Å². The lowest BCUT2D eigenvalue weighted by Gasteiger charge is -2.16. The van der Waals surface area contributed by atoms with Gasteiger partial charge in [0.1, 0.15) is 0 Å². The second kappa shape index (κ2) is 5.79. The summed E-state index contributed by atoms with van der Waals surface area (Å²) in [6, 6.07) is 3.53. The summed E-state index contributed by atoms with van der Waals surface area (Å²) in [5.74, 6) is -0.386. The fraction of sp³-hybridized carbons (Fsp3) is 0.500. The Bertz CT molecular complexity index is 555. The molecule has 6 heteroatoms. The highest BCUT2D eigenvalue weighted by molar-refractivity contribution is 5.67. The second-order valence-electron chi connectivity index (χ2n) is 4.01. The highest BCUT2D eigenvalue weighted by Gasteiger charge is 2.14. The maximum absolute atomic E-state index is 11.8. The monoisotopic (exact) mass is 251 g/mol. The van der Waals surface area contributed by atoms with Gasteiger partial charge in [0.05, 0.1) is 6.61 Å². The fourth-order valence-electron chi connectivity index (χ4n) is 1.95. The van der Waals surface area contributed by atoms with Crippen molar-refractivity contribution in [2.24, 2.45) is 0 Å². The SMILES string of the molecule is CCNC(COC)Cn1c(=O)oc2cccnc21. The quantitative estimate of drug-likeness (QED) is 0.814. The average molecular weight is 251 g/mol. The van der Waals surface area contributed by atoms with E-state index < -0.39 is 0 Å². The van der Waals surface area contributed by atoms with Crippen molar-refractivity contribution < 1.29 is 9.15 Å². The number of hydrogen-bond acceptors (Lipinski definition) is 5. The molecule has 0 amide bonds. The molecule has 18 heavy (non-hydrogen) atoms. The van der Waals surface area contributed by atoms with Crippen molar-refractivity contribution in [3.63, 3.8) is 0 Å². The lowest BCUT2D eigenvalue weighted by molar-refractivity contribution is 0.159. The Kier molecular flexibility index (Phi) is 4.11. The molecule has 0 bridgehead atoms. The summed E-state index contributed by atoms with van der Waals surface area (Å²) >= 11 is 0. The third-order valence-electron chi connectivity index (χ3n) is 2.69. The maximum atomic E-state index is 11.8. The molecular formula is C12H17N3O3. The van der Waals surface area contributed by atoms with Gasteiger partial charge in [-0.3, -0.25) is 4.57 Å². The highest BCUT2D eigenvalue weighted by atomic mass is 16.5. The molecule has 1 atom stereocenters. The van der Waals surface area contributed by atoms with E-state index in [9.17, 15) is 4.79 Å². The van der Waals surface area contributed by atoms with Crippen molar-refractivity contribution in [1.82, 2.24) is 14.9 Å². The normalized spacial score (nSPS) is 13.0. The molecule has 98 valence electrons. The van der Waals surface area contributed by atoms with E-state index in [-0.39, 0.29) is 11.8 Å². The molecule has 2 aromatic heterocycles. The van der Waals surface area contributed by atoms with E-state index in [2.05, 4.69) is 10.3 Å². The van der Waals surface area contributed by atoms with Crippen molar-refractivity contribution in [3.05, 3.63) is 28.9 Å². The van der Waals surface area contributed by atoms with Crippen LogP contribution in [0.1, 0.15) is 6.92 Å². The molecular weight excluding hydrogens is 234 g/mol. The number of pyridine rings is 1. The zero-order valence-corrected chi connectivity index (χ0v) is 10.5. The molecule has 0 aliphatic rings. The molecule has 1 N–H and O–H groups in total. The van der Waals surface area contributed by atoms with E-state index in [0.29, 0.717) is 24.4 Å². The van der Waals surface area contributed by atoms with Gasteiger partial charge >= 0.3 is 5.76 Å². The predicted molar refractivity (Wildman–Crippen MR) is 67.6 cm³/mol. The Hall–Kier alpha value is -1.66. The number of nitrogens with zero attached hydrogens (tertiary/aromatic N) is 2. The summed E-state index contributed by atoms with van der Waals surface area (Å²) in [5.41, 5.74) is 1.08. The zero-order valence-electron chi connectivity index (χ0n) is 10.5. The Balaban J connectivity index is 2.29. The molecule has 2 rings (SSSR count). The first-order chi connectivity index (χ1) is 8.76. The molecule has 0 saturated heterocycles. The summed E-state index contributed by atoms with van der Waals surface area (Å²) in [4.78, 5) is 15.9. The van der Waals surface area contributed by atoms with E-state index in [4.69, 9.17) is 9.15 Å². The molecule has 0 fully saturated rings. The minimum Gasteiger partial charge on any atom is -0.406 e. The zero-order chi connectivity index (χ0) is 13.0. The Morgan fingerprint density at radius 2 is 2.44 bits per heavy atom. The van der Waals surface area contributed by atoms with Gasteiger partial charge in [0.2, 0.25) is 0 Å². The first-order valence-corrected chi connectivity index (χ1v) is 5.93. The largest absolute Gasteiger partial charge is 0.421 e. The van der Waals surface area contributed by atoms with Gasteiger partial charge in [0.25, 0.3) is 0 Å². The van der Waals surface area contributed by atoms with E-state index in [1.807, 2.05) is 6.92 Å². The third-order valence-corrected chi connectivity index (χ3v) is 2.69. The van der Waals surface area contributed by atoms with Crippen LogP contribution < -0.4 is 11.1 Å². The molecule has 6 nitrogen and oxygen atoms in total. The van der Waals surface area contributed by atoms with Crippen LogP contribution in [0.15, 0.2) is 27.5 Å². The van der Waals surface area contributed by atoms with Crippen LogP contribution in [-0.4, -0.2) is 35.9 Å². The Labute approximate surface area is 105 Å². The van der Waals surface area contributed by atoms with Crippen molar-refractivity contribution in [2.45, 2.75) is 19.5 Å². The molecule has 0 saturated carbocycles. The lowest BCUT2D eigenvalue weighted by Crippen LogP contribution is -2.38. The van der Waals surface area contributed by atoms with Crippen LogP contribution in [0.3, 0.4) is 0 Å². The van der Waals surface area contributed by atoms with Gasteiger partial charge in [-0.05, 0) is 18.7 Å². The van der Waals surface area contributed by atoms with Crippen molar-refractivity contribution in [3.8, 4) is 0 Å². The summed E-state index contributed by atoms with van der Waals surface area (Å²) in [7, 11) is 1.64. The number of likely N-dealkylation sites (N-methyl/N-ethyl adjacent to an activating group) is 1. The number of rotatable bonds is 6. The van der Waals surface area contributed by atoms with Crippen LogP contribution in [0.4, 0.5) is 0 Å². The standard InChI is InChI=1S/C12H17N3O3/c1-3-13-9(8-17-2)7-15-11-10(18-12(15)16)5-4-6-14-11/h4-6,9,13H,3,7-8H2,1-2H3. The number of hydrogen-bond donors (Lipinski definition) is 1. The van der Waals surface area contributed by atoms with Gasteiger partial charge < -0.3 is 14.5 Å². The van der Waals surface area contributed by atoms with E-state index in [0.717, 1.165) is 6.54 Å². The smallest absolute Gasteiger partial charge is 0.406 e. The Morgan fingerprint density at radius 1 is 1.61 bits per heavy atom. The Morgan fingerprint density at radius 3 is 3.17 bits per heavy atom. The fourth-order valence-corrected chi connectivity index (χ4v) is 1.95. The molecule has 0 aliphatic carbocycles. The third kappa shape index (κ3) is 2.60. The molecule has 0 aliphatic heterocycles. The lowest BCUT2D eigenvalue weighted by atomic mass is 10.3. The summed E-state index contributed by atoms with van der Waals surface area (Å²) in [6.45, 7) is 3.83. The van der Waals surface area contributed by atoms with Crippen LogP contribution >= 0.6 is 0 Å². The maximum Gasteiger partial charge on any atom is 0.421 e. The van der Waals surface area contributed by atoms with Crippen LogP contribution in [0.5, 0.6) is 0 Å². The highest BCUT2D eigenvalue weighted by Crippen LogP contribution is 2.09. The predicted octanol–water partition coefficient (Wildman–Crippen LogP) is 0.614. The molecule has 2 heterocycles. The molecule has 0 aromatic carbocycles. The summed E-state index contributed by atoms with van der Waals surface area (Å²) in [6.07, 6.45) is 1.65. The van der Waals surface area contributed by atoms with Gasteiger partial charge in [0, 0.05) is 25.9 Å². The minimum atomic E-state index is -0.386. The molecule has 1 unspecified atom stereocenters. The van der Waals surface area contributed by atoms with E-state index >= 15 is 0 Å². The molecule has 0 radical (unpaired) electrons. The number of aromatic nitrogens is 2. The summed E-state index contributed by atoms with van der Waals surface area (Å²) in [5, 5.41) is 3.26. The molecule has 2 aromatic rings. The van der Waals surface area contributed by atoms with Crippen molar-refractivity contribution in [1.29, 1.82) is 0 Å². The van der Waals surface area contributed by atoms with Crippen molar-refractivity contribution >= 4 is 11.2 Å². The van der Waals surface area contributed by atoms with Gasteiger partial charge in [0.15, 0.2) is 11.2 Å². The first-order valence-electron chi connectivity index (χ1n) is 5.93. The minimum absolute atomic E-state index is 0.0560. The van der Waals surface area contributed by atoms with Gasteiger partial charge in [-0.25, -0.2) is 9.78 Å². The van der Waals surface area contributed by atoms with Crippen molar-refractivity contribution in [2.75, 3.05) is 20.3 Å². The van der Waals surface area contributed by atoms with Gasteiger partial charge in [-0.15, -0.1) is 0 Å². The van der Waals surface area contributed by atoms with Crippen LogP contribution in [-0.2, 0) is 11.3 Å².